The number of nitrogens with two attached hydrogens (primary N) is 1. The van der Waals surface area contributed by atoms with Crippen molar-refractivity contribution in [1.82, 2.24) is 5.32 Å². The quantitative estimate of drug-likeness (QED) is 0.832. The number of carbonyl (C=O) groups excluding carboxylic acids is 2. The summed E-state index contributed by atoms with van der Waals surface area (Å²) in [6.45, 7) is 4.30. The molecular formula is C17H23F2N3O2. The number of hydrogen-bond acceptors (Lipinski definition) is 3. The molecule has 1 fully saturated rings. The van der Waals surface area contributed by atoms with Crippen LogP contribution in [0.2, 0.25) is 0 Å². The van der Waals surface area contributed by atoms with E-state index in [1.165, 1.54) is 11.0 Å². The summed E-state index contributed by atoms with van der Waals surface area (Å²) in [7, 11) is 0. The van der Waals surface area contributed by atoms with Crippen LogP contribution < -0.4 is 16.0 Å². The lowest BCUT2D eigenvalue weighted by atomic mass is 9.94. The molecule has 0 saturated carbocycles. The van der Waals surface area contributed by atoms with Gasteiger partial charge in [0, 0.05) is 31.1 Å². The van der Waals surface area contributed by atoms with Crippen LogP contribution in [0, 0.1) is 17.6 Å². The van der Waals surface area contributed by atoms with Crippen LogP contribution >= 0.6 is 0 Å². The van der Waals surface area contributed by atoms with Gasteiger partial charge in [0.15, 0.2) is 0 Å². The molecule has 1 heterocycles. The van der Waals surface area contributed by atoms with Gasteiger partial charge in [-0.05, 0) is 25.0 Å². The Morgan fingerprint density at radius 3 is 2.62 bits per heavy atom. The zero-order chi connectivity index (χ0) is 17.9. The minimum atomic E-state index is -0.817. The molecular weight excluding hydrogens is 316 g/mol. The van der Waals surface area contributed by atoms with Crippen LogP contribution in [0.15, 0.2) is 18.2 Å². The number of carbonyl (C=O) groups is 2. The molecule has 2 rings (SSSR count). The fourth-order valence-corrected chi connectivity index (χ4v) is 2.72. The molecule has 3 N–H and O–H groups in total. The molecule has 1 unspecified atom stereocenters. The topological polar surface area (TPSA) is 75.4 Å². The number of rotatable bonds is 6. The Balaban J connectivity index is 2.02. The first kappa shape index (κ1) is 18.3. The van der Waals surface area contributed by atoms with Crippen LogP contribution in [0.3, 0.4) is 0 Å². The number of nitrogens with one attached hydrogen (secondary N) is 1. The van der Waals surface area contributed by atoms with Gasteiger partial charge in [-0.2, -0.15) is 0 Å². The van der Waals surface area contributed by atoms with E-state index in [0.29, 0.717) is 6.54 Å². The smallest absolute Gasteiger partial charge is 0.227 e. The number of halogens is 2. The average Bonchev–Trinajstić information content (AvgIpc) is 2.94. The van der Waals surface area contributed by atoms with Crippen molar-refractivity contribution < 1.29 is 18.4 Å². The fraction of sp³-hybridized carbons (Fsp3) is 0.529. The highest BCUT2D eigenvalue weighted by molar-refractivity contribution is 6.00. The third-order valence-corrected chi connectivity index (χ3v) is 4.72. The highest BCUT2D eigenvalue weighted by Gasteiger charge is 2.36. The van der Waals surface area contributed by atoms with Crippen molar-refractivity contribution in [2.45, 2.75) is 38.6 Å². The molecule has 132 valence electrons. The third-order valence-electron chi connectivity index (χ3n) is 4.72. The predicted octanol–water partition coefficient (Wildman–Crippen LogP) is 1.95. The van der Waals surface area contributed by atoms with Gasteiger partial charge in [-0.15, -0.1) is 0 Å². The molecule has 0 aromatic heterocycles. The molecule has 1 aromatic rings. The fourth-order valence-electron chi connectivity index (χ4n) is 2.72. The van der Waals surface area contributed by atoms with E-state index < -0.39 is 23.1 Å². The average molecular weight is 339 g/mol. The molecule has 0 bridgehead atoms. The molecule has 7 heteroatoms. The van der Waals surface area contributed by atoms with Gasteiger partial charge in [0.25, 0.3) is 0 Å². The summed E-state index contributed by atoms with van der Waals surface area (Å²) in [5.74, 6) is -2.73. The lowest BCUT2D eigenvalue weighted by Crippen LogP contribution is -2.50. The van der Waals surface area contributed by atoms with Crippen molar-refractivity contribution in [2.24, 2.45) is 11.7 Å². The van der Waals surface area contributed by atoms with Crippen LogP contribution in [0.4, 0.5) is 14.5 Å². The van der Waals surface area contributed by atoms with Gasteiger partial charge < -0.3 is 16.0 Å². The summed E-state index contributed by atoms with van der Waals surface area (Å²) in [5, 5.41) is 2.79. The second kappa shape index (κ2) is 7.25. The van der Waals surface area contributed by atoms with E-state index in [9.17, 15) is 18.4 Å². The minimum Gasteiger partial charge on any atom is -0.354 e. The summed E-state index contributed by atoms with van der Waals surface area (Å²) in [4.78, 5) is 25.6. The van der Waals surface area contributed by atoms with Gasteiger partial charge in [0.05, 0.1) is 11.6 Å². The number of nitrogens with zero attached hydrogens (tertiary/aromatic N) is 1. The molecule has 2 amide bonds. The van der Waals surface area contributed by atoms with E-state index in [-0.39, 0.29) is 30.5 Å². The molecule has 0 aliphatic carbocycles. The molecule has 1 atom stereocenters. The Hall–Kier alpha value is -2.02. The second-order valence-corrected chi connectivity index (χ2v) is 6.29. The molecule has 5 nitrogen and oxygen atoms in total. The number of anilines is 1. The standard InChI is InChI=1S/C17H23F2N3O2/c1-3-17(20,4-2)10-21-16(24)11-7-15(23)22(9-11)14-6-5-12(18)8-13(14)19/h5-6,8,11H,3-4,7,9-10,20H2,1-2H3,(H,21,24). The maximum Gasteiger partial charge on any atom is 0.227 e. The van der Waals surface area contributed by atoms with E-state index in [1.807, 2.05) is 13.8 Å². The largest absolute Gasteiger partial charge is 0.354 e. The van der Waals surface area contributed by atoms with Crippen LogP contribution in [-0.2, 0) is 9.59 Å². The highest BCUT2D eigenvalue weighted by Crippen LogP contribution is 2.28. The van der Waals surface area contributed by atoms with Gasteiger partial charge in [-0.1, -0.05) is 13.8 Å². The van der Waals surface area contributed by atoms with Crippen LogP contribution in [0.5, 0.6) is 0 Å². The van der Waals surface area contributed by atoms with Gasteiger partial charge in [0.2, 0.25) is 11.8 Å². The second-order valence-electron chi connectivity index (χ2n) is 6.29. The van der Waals surface area contributed by atoms with E-state index in [1.54, 1.807) is 0 Å². The first-order chi connectivity index (χ1) is 11.3. The Morgan fingerprint density at radius 2 is 2.04 bits per heavy atom. The number of amides is 2. The summed E-state index contributed by atoms with van der Waals surface area (Å²) in [5.41, 5.74) is 5.67. The van der Waals surface area contributed by atoms with Crippen molar-refractivity contribution in [3.8, 4) is 0 Å². The molecule has 1 aliphatic rings. The van der Waals surface area contributed by atoms with Crippen LogP contribution in [-0.4, -0.2) is 30.4 Å². The first-order valence-corrected chi connectivity index (χ1v) is 8.11. The zero-order valence-corrected chi connectivity index (χ0v) is 13.9. The highest BCUT2D eigenvalue weighted by atomic mass is 19.1. The Bertz CT molecular complexity index is 632. The van der Waals surface area contributed by atoms with E-state index >= 15 is 0 Å². The van der Waals surface area contributed by atoms with E-state index in [0.717, 1.165) is 25.0 Å². The lowest BCUT2D eigenvalue weighted by Gasteiger charge is -2.27. The molecule has 1 aliphatic heterocycles. The van der Waals surface area contributed by atoms with Crippen molar-refractivity contribution in [3.05, 3.63) is 29.8 Å². The zero-order valence-electron chi connectivity index (χ0n) is 13.9. The van der Waals surface area contributed by atoms with Gasteiger partial charge >= 0.3 is 0 Å². The maximum absolute atomic E-state index is 13.8. The van der Waals surface area contributed by atoms with E-state index in [2.05, 4.69) is 5.32 Å². The summed E-state index contributed by atoms with van der Waals surface area (Å²) in [6, 6.07) is 3.02. The Labute approximate surface area is 140 Å². The molecule has 1 saturated heterocycles. The number of hydrogen-bond donors (Lipinski definition) is 2. The Morgan fingerprint density at radius 1 is 1.38 bits per heavy atom. The van der Waals surface area contributed by atoms with Crippen molar-refractivity contribution >= 4 is 17.5 Å². The SMILES string of the molecule is CCC(N)(CC)CNC(=O)C1CC(=O)N(c2ccc(F)cc2F)C1. The normalized spacial score (nSPS) is 18.1. The summed E-state index contributed by atoms with van der Waals surface area (Å²) >= 11 is 0. The number of benzene rings is 1. The minimum absolute atomic E-state index is 0.00152. The monoisotopic (exact) mass is 339 g/mol. The molecule has 24 heavy (non-hydrogen) atoms. The third kappa shape index (κ3) is 3.90. The molecule has 0 spiro atoms. The summed E-state index contributed by atoms with van der Waals surface area (Å²) < 4.78 is 26.8. The van der Waals surface area contributed by atoms with Gasteiger partial charge in [-0.3, -0.25) is 9.59 Å². The van der Waals surface area contributed by atoms with Crippen molar-refractivity contribution in [1.29, 1.82) is 0 Å². The molecule has 1 aromatic carbocycles. The van der Waals surface area contributed by atoms with E-state index in [4.69, 9.17) is 5.73 Å². The van der Waals surface area contributed by atoms with Crippen LogP contribution in [0.25, 0.3) is 0 Å². The van der Waals surface area contributed by atoms with Crippen molar-refractivity contribution in [3.63, 3.8) is 0 Å². The van der Waals surface area contributed by atoms with Gasteiger partial charge in [-0.25, -0.2) is 8.78 Å². The molecule has 0 radical (unpaired) electrons. The summed E-state index contributed by atoms with van der Waals surface area (Å²) in [6.07, 6.45) is 1.44. The maximum atomic E-state index is 13.8. The van der Waals surface area contributed by atoms with Gasteiger partial charge in [0.1, 0.15) is 11.6 Å². The lowest BCUT2D eigenvalue weighted by molar-refractivity contribution is -0.126. The Kier molecular flexibility index (Phi) is 5.54. The first-order valence-electron chi connectivity index (χ1n) is 8.11. The van der Waals surface area contributed by atoms with Crippen LogP contribution in [0.1, 0.15) is 33.1 Å². The van der Waals surface area contributed by atoms with Crippen molar-refractivity contribution in [2.75, 3.05) is 18.0 Å². The predicted molar refractivity (Wildman–Crippen MR) is 87.3 cm³/mol.